The molecule has 31 heavy (non-hydrogen) atoms. The second-order valence-corrected chi connectivity index (χ2v) is 7.80. The van der Waals surface area contributed by atoms with Gasteiger partial charge in [0.05, 0.1) is 13.0 Å². The van der Waals surface area contributed by atoms with Crippen molar-refractivity contribution in [3.63, 3.8) is 0 Å². The molecule has 0 saturated heterocycles. The van der Waals surface area contributed by atoms with Gasteiger partial charge in [-0.25, -0.2) is 4.79 Å². The summed E-state index contributed by atoms with van der Waals surface area (Å²) in [6, 6.07) is 10.5. The zero-order valence-electron chi connectivity index (χ0n) is 17.2. The fourth-order valence-corrected chi connectivity index (χ4v) is 3.00. The van der Waals surface area contributed by atoms with Crippen molar-refractivity contribution in [2.24, 2.45) is 5.41 Å². The van der Waals surface area contributed by atoms with Crippen molar-refractivity contribution in [3.05, 3.63) is 60.9 Å². The number of pyridine rings is 1. The van der Waals surface area contributed by atoms with Crippen molar-refractivity contribution in [2.75, 3.05) is 13.2 Å². The number of ether oxygens (including phenoxy) is 2. The molecule has 0 N–H and O–H groups in total. The third kappa shape index (κ3) is 6.10. The lowest BCUT2D eigenvalue weighted by Gasteiger charge is -2.29. The standard InChI is InChI=1S/C23H22F3NO4/c1-15(2)21(28)30-14-22(3,12-23(24,25)26)13-29-18-7-6-16-9-19(31-20(16)10-18)17-5-4-8-27-11-17/h4-11H,1,12-14H2,2-3H3. The van der Waals surface area contributed by atoms with Crippen LogP contribution in [-0.4, -0.2) is 30.3 Å². The fraction of sp³-hybridized carbons (Fsp3) is 0.304. The molecule has 0 bridgehead atoms. The van der Waals surface area contributed by atoms with E-state index in [0.29, 0.717) is 17.1 Å². The summed E-state index contributed by atoms with van der Waals surface area (Å²) in [4.78, 5) is 15.7. The first-order valence-corrected chi connectivity index (χ1v) is 9.51. The average molecular weight is 433 g/mol. The molecule has 1 atom stereocenters. The van der Waals surface area contributed by atoms with Crippen molar-refractivity contribution in [2.45, 2.75) is 26.4 Å². The highest BCUT2D eigenvalue weighted by Crippen LogP contribution is 2.35. The van der Waals surface area contributed by atoms with Crippen LogP contribution in [0.2, 0.25) is 0 Å². The number of esters is 1. The summed E-state index contributed by atoms with van der Waals surface area (Å²) in [6.45, 7) is 5.46. The summed E-state index contributed by atoms with van der Waals surface area (Å²) in [5.74, 6) is 0.224. The minimum absolute atomic E-state index is 0.114. The SMILES string of the molecule is C=C(C)C(=O)OCC(C)(COc1ccc2cc(-c3cccnc3)oc2c1)CC(F)(F)F. The lowest BCUT2D eigenvalue weighted by atomic mass is 9.88. The van der Waals surface area contributed by atoms with E-state index in [1.807, 2.05) is 12.1 Å². The number of furan rings is 1. The van der Waals surface area contributed by atoms with E-state index in [1.54, 1.807) is 36.7 Å². The molecule has 3 rings (SSSR count). The third-order valence-corrected chi connectivity index (χ3v) is 4.55. The topological polar surface area (TPSA) is 61.6 Å². The number of hydrogen-bond donors (Lipinski definition) is 0. The maximum atomic E-state index is 13.1. The number of aromatic nitrogens is 1. The largest absolute Gasteiger partial charge is 0.493 e. The Morgan fingerprint density at radius 1 is 1.19 bits per heavy atom. The number of hydrogen-bond acceptors (Lipinski definition) is 5. The van der Waals surface area contributed by atoms with Gasteiger partial charge in [-0.3, -0.25) is 4.98 Å². The van der Waals surface area contributed by atoms with Gasteiger partial charge in [0.25, 0.3) is 0 Å². The molecule has 0 radical (unpaired) electrons. The molecule has 8 heteroatoms. The second-order valence-electron chi connectivity index (χ2n) is 7.80. The van der Waals surface area contributed by atoms with Gasteiger partial charge < -0.3 is 13.9 Å². The summed E-state index contributed by atoms with van der Waals surface area (Å²) < 4.78 is 55.8. The molecule has 0 fully saturated rings. The molecule has 164 valence electrons. The first-order valence-electron chi connectivity index (χ1n) is 9.51. The van der Waals surface area contributed by atoms with Crippen molar-refractivity contribution in [1.82, 2.24) is 4.98 Å². The number of carbonyl (C=O) groups is 1. The van der Waals surface area contributed by atoms with Crippen LogP contribution < -0.4 is 4.74 Å². The fourth-order valence-electron chi connectivity index (χ4n) is 3.00. The molecule has 0 aliphatic heterocycles. The minimum Gasteiger partial charge on any atom is -0.493 e. The number of rotatable bonds is 8. The van der Waals surface area contributed by atoms with Crippen LogP contribution in [0.15, 0.2) is 65.4 Å². The van der Waals surface area contributed by atoms with Crippen LogP contribution in [0.25, 0.3) is 22.3 Å². The number of fused-ring (bicyclic) bond motifs is 1. The van der Waals surface area contributed by atoms with E-state index in [0.717, 1.165) is 10.9 Å². The summed E-state index contributed by atoms with van der Waals surface area (Å²) in [5, 5.41) is 0.819. The Hall–Kier alpha value is -3.29. The van der Waals surface area contributed by atoms with Crippen LogP contribution in [0.4, 0.5) is 13.2 Å². The van der Waals surface area contributed by atoms with Crippen LogP contribution in [0.5, 0.6) is 5.75 Å². The summed E-state index contributed by atoms with van der Waals surface area (Å²) >= 11 is 0. The lowest BCUT2D eigenvalue weighted by Crippen LogP contribution is -2.36. The van der Waals surface area contributed by atoms with E-state index in [9.17, 15) is 18.0 Å². The van der Waals surface area contributed by atoms with Crippen molar-refractivity contribution < 1.29 is 31.9 Å². The van der Waals surface area contributed by atoms with Gasteiger partial charge in [0, 0.05) is 40.4 Å². The van der Waals surface area contributed by atoms with Gasteiger partial charge in [0.1, 0.15) is 23.7 Å². The predicted molar refractivity (Wildman–Crippen MR) is 109 cm³/mol. The number of nitrogens with zero attached hydrogens (tertiary/aromatic N) is 1. The van der Waals surface area contributed by atoms with E-state index in [-0.39, 0.29) is 12.2 Å². The second kappa shape index (κ2) is 8.83. The van der Waals surface area contributed by atoms with Crippen LogP contribution in [0.1, 0.15) is 20.3 Å². The maximum absolute atomic E-state index is 13.1. The molecule has 2 aromatic heterocycles. The zero-order chi connectivity index (χ0) is 22.6. The molecule has 0 aliphatic rings. The molecule has 0 amide bonds. The Morgan fingerprint density at radius 3 is 2.61 bits per heavy atom. The van der Waals surface area contributed by atoms with Gasteiger partial charge >= 0.3 is 12.1 Å². The highest BCUT2D eigenvalue weighted by molar-refractivity contribution is 5.87. The Morgan fingerprint density at radius 2 is 1.97 bits per heavy atom. The first-order chi connectivity index (χ1) is 14.5. The Balaban J connectivity index is 1.75. The molecule has 0 spiro atoms. The van der Waals surface area contributed by atoms with Crippen molar-refractivity contribution in [1.29, 1.82) is 0 Å². The van der Waals surface area contributed by atoms with Gasteiger partial charge in [-0.1, -0.05) is 13.5 Å². The number of carbonyl (C=O) groups excluding carboxylic acids is 1. The molecule has 0 saturated carbocycles. The lowest BCUT2D eigenvalue weighted by molar-refractivity contribution is -0.173. The molecule has 0 aliphatic carbocycles. The van der Waals surface area contributed by atoms with E-state index < -0.39 is 30.6 Å². The summed E-state index contributed by atoms with van der Waals surface area (Å²) in [5.41, 5.74) is -0.0219. The molecule has 1 aromatic carbocycles. The Bertz CT molecular complexity index is 1080. The summed E-state index contributed by atoms with van der Waals surface area (Å²) in [7, 11) is 0. The van der Waals surface area contributed by atoms with Gasteiger partial charge in [-0.05, 0) is 37.3 Å². The molecule has 5 nitrogen and oxygen atoms in total. The first kappa shape index (κ1) is 22.4. The minimum atomic E-state index is -4.45. The van der Waals surface area contributed by atoms with Gasteiger partial charge in [0.2, 0.25) is 0 Å². The molecule has 3 aromatic rings. The highest BCUT2D eigenvalue weighted by Gasteiger charge is 2.41. The highest BCUT2D eigenvalue weighted by atomic mass is 19.4. The van der Waals surface area contributed by atoms with Crippen LogP contribution in [0.3, 0.4) is 0 Å². The van der Waals surface area contributed by atoms with E-state index >= 15 is 0 Å². The van der Waals surface area contributed by atoms with Gasteiger partial charge in [0.15, 0.2) is 0 Å². The third-order valence-electron chi connectivity index (χ3n) is 4.55. The monoisotopic (exact) mass is 433 g/mol. The van der Waals surface area contributed by atoms with Gasteiger partial charge in [-0.2, -0.15) is 13.2 Å². The number of halogens is 3. The molecule has 1 unspecified atom stereocenters. The van der Waals surface area contributed by atoms with Crippen molar-refractivity contribution >= 4 is 16.9 Å². The maximum Gasteiger partial charge on any atom is 0.389 e. The Kier molecular flexibility index (Phi) is 6.38. The number of alkyl halides is 3. The predicted octanol–water partition coefficient (Wildman–Crippen LogP) is 5.95. The van der Waals surface area contributed by atoms with Gasteiger partial charge in [-0.15, -0.1) is 0 Å². The van der Waals surface area contributed by atoms with Crippen LogP contribution in [0, 0.1) is 5.41 Å². The Labute approximate surface area is 177 Å². The van der Waals surface area contributed by atoms with Crippen molar-refractivity contribution in [3.8, 4) is 17.1 Å². The summed E-state index contributed by atoms with van der Waals surface area (Å²) in [6.07, 6.45) is -2.29. The van der Waals surface area contributed by atoms with E-state index in [2.05, 4.69) is 11.6 Å². The number of benzene rings is 1. The zero-order valence-corrected chi connectivity index (χ0v) is 17.2. The normalized spacial score (nSPS) is 13.6. The average Bonchev–Trinajstić information content (AvgIpc) is 3.13. The van der Waals surface area contributed by atoms with E-state index in [1.165, 1.54) is 13.8 Å². The van der Waals surface area contributed by atoms with E-state index in [4.69, 9.17) is 13.9 Å². The smallest absolute Gasteiger partial charge is 0.389 e. The quantitative estimate of drug-likeness (QED) is 0.324. The van der Waals surface area contributed by atoms with Crippen LogP contribution in [-0.2, 0) is 9.53 Å². The molecule has 2 heterocycles. The van der Waals surface area contributed by atoms with Crippen LogP contribution >= 0.6 is 0 Å². The molecular weight excluding hydrogens is 411 g/mol. The molecular formula is C23H22F3NO4.